The van der Waals surface area contributed by atoms with Gasteiger partial charge in [-0.05, 0) is 11.6 Å². The molecular weight excluding hydrogens is 266 g/mol. The third kappa shape index (κ3) is 4.08. The third-order valence-electron chi connectivity index (χ3n) is 2.86. The minimum absolute atomic E-state index is 0.0762. The van der Waals surface area contributed by atoms with Crippen LogP contribution >= 0.6 is 11.3 Å². The lowest BCUT2D eigenvalue weighted by Gasteiger charge is -2.10. The van der Waals surface area contributed by atoms with Gasteiger partial charge in [0, 0.05) is 36.1 Å². The molecule has 0 spiro atoms. The zero-order chi connectivity index (χ0) is 13.7. The second-order valence-electron chi connectivity index (χ2n) is 4.45. The molecule has 0 saturated carbocycles. The van der Waals surface area contributed by atoms with E-state index >= 15 is 0 Å². The normalized spacial score (nSPS) is 12.8. The Hall–Kier alpha value is -1.33. The first kappa shape index (κ1) is 14.1. The van der Waals surface area contributed by atoms with E-state index in [1.165, 1.54) is 6.07 Å². The zero-order valence-corrected chi connectivity index (χ0v) is 11.5. The number of aromatic nitrogens is 1. The summed E-state index contributed by atoms with van der Waals surface area (Å²) in [5.41, 5.74) is 0.955. The van der Waals surface area contributed by atoms with E-state index in [1.807, 2.05) is 11.4 Å². The van der Waals surface area contributed by atoms with Gasteiger partial charge < -0.3 is 5.32 Å². The van der Waals surface area contributed by atoms with E-state index in [9.17, 15) is 8.78 Å². The number of thiazole rings is 1. The van der Waals surface area contributed by atoms with Crippen molar-refractivity contribution in [3.63, 3.8) is 0 Å². The molecule has 1 atom stereocenters. The molecule has 2 aromatic rings. The fraction of sp³-hybridized carbons (Fsp3) is 0.357. The van der Waals surface area contributed by atoms with Gasteiger partial charge in [0.2, 0.25) is 0 Å². The number of rotatable bonds is 6. The molecule has 0 radical (unpaired) electrons. The van der Waals surface area contributed by atoms with E-state index in [4.69, 9.17) is 0 Å². The van der Waals surface area contributed by atoms with Gasteiger partial charge in [-0.2, -0.15) is 0 Å². The highest BCUT2D eigenvalue weighted by Gasteiger charge is 2.09. The summed E-state index contributed by atoms with van der Waals surface area (Å²) in [6, 6.07) is 6.52. The van der Waals surface area contributed by atoms with Crippen LogP contribution in [0.3, 0.4) is 0 Å². The molecule has 1 aromatic heterocycles. The van der Waals surface area contributed by atoms with Crippen molar-refractivity contribution in [3.05, 3.63) is 52.0 Å². The maximum atomic E-state index is 12.6. The lowest BCUT2D eigenvalue weighted by Crippen LogP contribution is -2.19. The van der Waals surface area contributed by atoms with Gasteiger partial charge in [-0.25, -0.2) is 13.8 Å². The predicted octanol–water partition coefficient (Wildman–Crippen LogP) is 3.97. The Morgan fingerprint density at radius 3 is 2.89 bits per heavy atom. The maximum absolute atomic E-state index is 12.6. The molecule has 2 nitrogen and oxygen atoms in total. The van der Waals surface area contributed by atoms with Crippen molar-refractivity contribution < 1.29 is 8.78 Å². The highest BCUT2D eigenvalue weighted by Crippen LogP contribution is 2.20. The van der Waals surface area contributed by atoms with Gasteiger partial charge in [0.15, 0.2) is 0 Å². The Morgan fingerprint density at radius 1 is 1.37 bits per heavy atom. The second kappa shape index (κ2) is 6.73. The van der Waals surface area contributed by atoms with Crippen molar-refractivity contribution in [2.45, 2.75) is 25.8 Å². The van der Waals surface area contributed by atoms with Crippen LogP contribution in [0.15, 0.2) is 35.8 Å². The first-order chi connectivity index (χ1) is 9.16. The quantitative estimate of drug-likeness (QED) is 0.867. The Morgan fingerprint density at radius 2 is 2.21 bits per heavy atom. The van der Waals surface area contributed by atoms with Crippen LogP contribution in [-0.4, -0.2) is 11.5 Å². The van der Waals surface area contributed by atoms with Crippen molar-refractivity contribution >= 4 is 11.3 Å². The number of nitrogens with one attached hydrogen (secondary N) is 1. The minimum atomic E-state index is -2.41. The van der Waals surface area contributed by atoms with Crippen LogP contribution in [0, 0.1) is 0 Å². The summed E-state index contributed by atoms with van der Waals surface area (Å²) in [5.74, 6) is 0.332. The molecule has 0 aliphatic heterocycles. The Balaban J connectivity index is 1.84. The molecule has 1 heterocycles. The van der Waals surface area contributed by atoms with Gasteiger partial charge in [0.05, 0.1) is 5.01 Å². The fourth-order valence-corrected chi connectivity index (χ4v) is 2.54. The number of nitrogens with zero attached hydrogens (tertiary/aromatic N) is 1. The molecule has 1 unspecified atom stereocenters. The topological polar surface area (TPSA) is 24.9 Å². The molecule has 19 heavy (non-hydrogen) atoms. The standard InChI is InChI=1S/C14H16F2N2S/c1-10(14-18-5-6-19-14)8-17-9-11-3-2-4-12(7-11)13(15)16/h2-7,10,13,17H,8-9H2,1H3. The SMILES string of the molecule is CC(CNCc1cccc(C(F)F)c1)c1nccs1. The fourth-order valence-electron chi connectivity index (χ4n) is 1.84. The van der Waals surface area contributed by atoms with Gasteiger partial charge in [0.25, 0.3) is 6.43 Å². The van der Waals surface area contributed by atoms with Crippen molar-refractivity contribution in [2.75, 3.05) is 6.54 Å². The molecule has 0 aliphatic rings. The Bertz CT molecular complexity index is 500. The van der Waals surface area contributed by atoms with Gasteiger partial charge in [0.1, 0.15) is 0 Å². The van der Waals surface area contributed by atoms with Crippen LogP contribution in [0.2, 0.25) is 0 Å². The van der Waals surface area contributed by atoms with Crippen molar-refractivity contribution in [1.29, 1.82) is 0 Å². The van der Waals surface area contributed by atoms with Crippen LogP contribution < -0.4 is 5.32 Å². The van der Waals surface area contributed by atoms with E-state index in [0.29, 0.717) is 12.5 Å². The molecule has 102 valence electrons. The average molecular weight is 282 g/mol. The molecule has 0 saturated heterocycles. The van der Waals surface area contributed by atoms with Gasteiger partial charge in [-0.3, -0.25) is 0 Å². The average Bonchev–Trinajstić information content (AvgIpc) is 2.93. The highest BCUT2D eigenvalue weighted by atomic mass is 32.1. The zero-order valence-electron chi connectivity index (χ0n) is 10.6. The summed E-state index contributed by atoms with van der Waals surface area (Å²) >= 11 is 1.63. The molecule has 2 rings (SSSR count). The van der Waals surface area contributed by atoms with E-state index in [1.54, 1.807) is 29.7 Å². The minimum Gasteiger partial charge on any atom is -0.312 e. The van der Waals surface area contributed by atoms with E-state index in [2.05, 4.69) is 17.2 Å². The summed E-state index contributed by atoms with van der Waals surface area (Å²) in [4.78, 5) is 4.26. The Labute approximate surface area is 115 Å². The van der Waals surface area contributed by atoms with Crippen LogP contribution in [0.5, 0.6) is 0 Å². The largest absolute Gasteiger partial charge is 0.312 e. The van der Waals surface area contributed by atoms with Gasteiger partial charge in [-0.15, -0.1) is 11.3 Å². The van der Waals surface area contributed by atoms with Gasteiger partial charge in [-0.1, -0.05) is 25.1 Å². The highest BCUT2D eigenvalue weighted by molar-refractivity contribution is 7.09. The number of benzene rings is 1. The lowest BCUT2D eigenvalue weighted by molar-refractivity contribution is 0.151. The number of alkyl halides is 2. The summed E-state index contributed by atoms with van der Waals surface area (Å²) in [6.45, 7) is 3.48. The first-order valence-electron chi connectivity index (χ1n) is 6.14. The molecule has 0 fully saturated rings. The van der Waals surface area contributed by atoms with Crippen molar-refractivity contribution in [1.82, 2.24) is 10.3 Å². The maximum Gasteiger partial charge on any atom is 0.263 e. The van der Waals surface area contributed by atoms with Gasteiger partial charge >= 0.3 is 0 Å². The van der Waals surface area contributed by atoms with Crippen molar-refractivity contribution in [3.8, 4) is 0 Å². The monoisotopic (exact) mass is 282 g/mol. The summed E-state index contributed by atoms with van der Waals surface area (Å²) in [5, 5.41) is 6.33. The molecule has 1 aromatic carbocycles. The molecule has 0 aliphatic carbocycles. The molecule has 1 N–H and O–H groups in total. The van der Waals surface area contributed by atoms with Crippen molar-refractivity contribution in [2.24, 2.45) is 0 Å². The molecular formula is C14H16F2N2S. The van der Waals surface area contributed by atoms with Crippen LogP contribution in [0.1, 0.15) is 35.4 Å². The summed E-state index contributed by atoms with van der Waals surface area (Å²) in [6.07, 6.45) is -0.614. The summed E-state index contributed by atoms with van der Waals surface area (Å²) in [7, 11) is 0. The van der Waals surface area contributed by atoms with Crippen LogP contribution in [0.4, 0.5) is 8.78 Å². The van der Waals surface area contributed by atoms with E-state index in [0.717, 1.165) is 17.1 Å². The van der Waals surface area contributed by atoms with E-state index < -0.39 is 6.43 Å². The smallest absolute Gasteiger partial charge is 0.263 e. The van der Waals surface area contributed by atoms with E-state index in [-0.39, 0.29) is 5.56 Å². The third-order valence-corrected chi connectivity index (χ3v) is 3.86. The number of hydrogen-bond donors (Lipinski definition) is 1. The number of hydrogen-bond acceptors (Lipinski definition) is 3. The molecule has 0 amide bonds. The predicted molar refractivity (Wildman–Crippen MR) is 73.6 cm³/mol. The number of halogens is 2. The Kier molecular flexibility index (Phi) is 4.99. The molecule has 0 bridgehead atoms. The lowest BCUT2D eigenvalue weighted by atomic mass is 10.1. The summed E-state index contributed by atoms with van der Waals surface area (Å²) < 4.78 is 25.1. The first-order valence-corrected chi connectivity index (χ1v) is 7.02. The second-order valence-corrected chi connectivity index (χ2v) is 5.37. The molecule has 5 heteroatoms. The van der Waals surface area contributed by atoms with Crippen LogP contribution in [0.25, 0.3) is 0 Å². The van der Waals surface area contributed by atoms with Crippen LogP contribution in [-0.2, 0) is 6.54 Å².